The first-order valence-corrected chi connectivity index (χ1v) is 4.17. The molecule has 0 atom stereocenters. The Morgan fingerprint density at radius 3 is 2.47 bits per heavy atom. The van der Waals surface area contributed by atoms with Crippen molar-refractivity contribution < 1.29 is 24.5 Å². The van der Waals surface area contributed by atoms with E-state index in [4.69, 9.17) is 14.9 Å². The van der Waals surface area contributed by atoms with Crippen LogP contribution in [0.3, 0.4) is 0 Å². The normalized spacial score (nSPS) is 9.67. The summed E-state index contributed by atoms with van der Waals surface area (Å²) in [7, 11) is 1.34. The second kappa shape index (κ2) is 4.45. The van der Waals surface area contributed by atoms with Gasteiger partial charge in [0.15, 0.2) is 0 Å². The third-order valence-corrected chi connectivity index (χ3v) is 1.89. The number of aliphatic carboxylic acids is 1. The number of aromatic carboxylic acids is 1. The number of benzene rings is 1. The van der Waals surface area contributed by atoms with Gasteiger partial charge in [0.1, 0.15) is 11.3 Å². The van der Waals surface area contributed by atoms with E-state index in [0.29, 0.717) is 0 Å². The molecule has 1 rings (SSSR count). The lowest BCUT2D eigenvalue weighted by molar-refractivity contribution is -0.136. The molecule has 0 amide bonds. The van der Waals surface area contributed by atoms with Crippen LogP contribution in [0.25, 0.3) is 0 Å². The van der Waals surface area contributed by atoms with Gasteiger partial charge in [-0.25, -0.2) is 4.79 Å². The number of carboxylic acid groups (broad SMARTS) is 2. The molecule has 0 aliphatic rings. The van der Waals surface area contributed by atoms with E-state index in [1.165, 1.54) is 19.2 Å². The van der Waals surface area contributed by atoms with Gasteiger partial charge in [0, 0.05) is 0 Å². The predicted octanol–water partition coefficient (Wildman–Crippen LogP) is 1.02. The molecule has 2 N–H and O–H groups in total. The van der Waals surface area contributed by atoms with Gasteiger partial charge in [-0.3, -0.25) is 4.79 Å². The molecule has 0 saturated heterocycles. The lowest BCUT2D eigenvalue weighted by Crippen LogP contribution is -2.09. The van der Waals surface area contributed by atoms with Crippen LogP contribution >= 0.6 is 0 Å². The molecule has 0 saturated carbocycles. The number of carboxylic acids is 2. The first-order valence-electron chi connectivity index (χ1n) is 4.17. The van der Waals surface area contributed by atoms with Gasteiger partial charge in [0.05, 0.1) is 13.5 Å². The second-order valence-corrected chi connectivity index (χ2v) is 2.87. The zero-order valence-corrected chi connectivity index (χ0v) is 8.06. The van der Waals surface area contributed by atoms with E-state index >= 15 is 0 Å². The van der Waals surface area contributed by atoms with Crippen LogP contribution in [0.1, 0.15) is 15.9 Å². The molecule has 0 aromatic heterocycles. The van der Waals surface area contributed by atoms with Crippen molar-refractivity contribution in [2.75, 3.05) is 7.11 Å². The molecule has 1 aromatic rings. The van der Waals surface area contributed by atoms with Crippen LogP contribution in [0.5, 0.6) is 5.75 Å². The number of carbonyl (C=O) groups is 2. The summed E-state index contributed by atoms with van der Waals surface area (Å²) < 4.78 is 4.86. The summed E-state index contributed by atoms with van der Waals surface area (Å²) in [5, 5.41) is 17.5. The van der Waals surface area contributed by atoms with E-state index in [-0.39, 0.29) is 23.3 Å². The van der Waals surface area contributed by atoms with E-state index in [1.54, 1.807) is 6.07 Å². The largest absolute Gasteiger partial charge is 0.496 e. The van der Waals surface area contributed by atoms with Gasteiger partial charge in [-0.2, -0.15) is 0 Å². The Morgan fingerprint density at radius 2 is 2.00 bits per heavy atom. The molecule has 15 heavy (non-hydrogen) atoms. The average Bonchev–Trinajstić information content (AvgIpc) is 2.15. The minimum Gasteiger partial charge on any atom is -0.496 e. The van der Waals surface area contributed by atoms with Crippen molar-refractivity contribution in [1.82, 2.24) is 0 Å². The van der Waals surface area contributed by atoms with Crippen LogP contribution in [0, 0.1) is 0 Å². The summed E-state index contributed by atoms with van der Waals surface area (Å²) in [6.07, 6.45) is -0.334. The fraction of sp³-hybridized carbons (Fsp3) is 0.200. The van der Waals surface area contributed by atoms with E-state index in [9.17, 15) is 9.59 Å². The van der Waals surface area contributed by atoms with Crippen LogP contribution in [-0.2, 0) is 11.2 Å². The molecule has 0 unspecified atom stereocenters. The molecule has 0 aliphatic heterocycles. The van der Waals surface area contributed by atoms with Gasteiger partial charge in [-0.1, -0.05) is 12.1 Å². The van der Waals surface area contributed by atoms with Crippen LogP contribution in [0.4, 0.5) is 0 Å². The second-order valence-electron chi connectivity index (χ2n) is 2.87. The van der Waals surface area contributed by atoms with Gasteiger partial charge in [-0.15, -0.1) is 0 Å². The summed E-state index contributed by atoms with van der Waals surface area (Å²) in [5.74, 6) is -2.10. The number of hydrogen-bond acceptors (Lipinski definition) is 3. The third-order valence-electron chi connectivity index (χ3n) is 1.89. The Balaban J connectivity index is 3.25. The average molecular weight is 210 g/mol. The highest BCUT2D eigenvalue weighted by Crippen LogP contribution is 2.22. The van der Waals surface area contributed by atoms with Crippen molar-refractivity contribution in [2.24, 2.45) is 0 Å². The molecule has 0 heterocycles. The summed E-state index contributed by atoms with van der Waals surface area (Å²) in [4.78, 5) is 21.4. The van der Waals surface area contributed by atoms with Gasteiger partial charge < -0.3 is 14.9 Å². The number of methoxy groups -OCH3 is 1. The maximum Gasteiger partial charge on any atom is 0.339 e. The Kier molecular flexibility index (Phi) is 3.28. The Morgan fingerprint density at radius 1 is 1.33 bits per heavy atom. The topological polar surface area (TPSA) is 83.8 Å². The molecular weight excluding hydrogens is 200 g/mol. The monoisotopic (exact) mass is 210 g/mol. The van der Waals surface area contributed by atoms with Crippen molar-refractivity contribution in [3.8, 4) is 5.75 Å². The first kappa shape index (κ1) is 11.0. The van der Waals surface area contributed by atoms with Crippen LogP contribution in [0.15, 0.2) is 18.2 Å². The zero-order valence-electron chi connectivity index (χ0n) is 8.06. The van der Waals surface area contributed by atoms with Crippen molar-refractivity contribution >= 4 is 11.9 Å². The van der Waals surface area contributed by atoms with Crippen LogP contribution < -0.4 is 4.74 Å². The molecule has 1 aromatic carbocycles. The van der Waals surface area contributed by atoms with Crippen LogP contribution in [0.2, 0.25) is 0 Å². The van der Waals surface area contributed by atoms with E-state index in [0.717, 1.165) is 0 Å². The molecule has 0 fully saturated rings. The Hall–Kier alpha value is -2.04. The van der Waals surface area contributed by atoms with Gasteiger partial charge in [0.25, 0.3) is 0 Å². The molecule has 5 nitrogen and oxygen atoms in total. The summed E-state index contributed by atoms with van der Waals surface area (Å²) >= 11 is 0. The predicted molar refractivity (Wildman–Crippen MR) is 51.3 cm³/mol. The SMILES string of the molecule is COc1cccc(CC(=O)O)c1C(=O)O. The number of ether oxygens (including phenoxy) is 1. The quantitative estimate of drug-likeness (QED) is 0.775. The molecule has 0 radical (unpaired) electrons. The molecule has 0 spiro atoms. The van der Waals surface area contributed by atoms with Gasteiger partial charge in [0.2, 0.25) is 0 Å². The molecule has 0 bridgehead atoms. The summed E-state index contributed by atoms with van der Waals surface area (Å²) in [6.45, 7) is 0. The molecule has 80 valence electrons. The van der Waals surface area contributed by atoms with Gasteiger partial charge in [-0.05, 0) is 11.6 Å². The third kappa shape index (κ3) is 2.46. The van der Waals surface area contributed by atoms with E-state index < -0.39 is 11.9 Å². The maximum atomic E-state index is 10.9. The van der Waals surface area contributed by atoms with Crippen molar-refractivity contribution in [1.29, 1.82) is 0 Å². The summed E-state index contributed by atoms with van der Waals surface area (Å²) in [6, 6.07) is 4.50. The smallest absolute Gasteiger partial charge is 0.339 e. The first-order chi connectivity index (χ1) is 7.06. The highest BCUT2D eigenvalue weighted by molar-refractivity contribution is 5.94. The Bertz CT molecular complexity index is 397. The van der Waals surface area contributed by atoms with Crippen LogP contribution in [-0.4, -0.2) is 29.3 Å². The molecule has 0 aliphatic carbocycles. The highest BCUT2D eigenvalue weighted by atomic mass is 16.5. The molecule has 5 heteroatoms. The van der Waals surface area contributed by atoms with Crippen molar-refractivity contribution in [3.63, 3.8) is 0 Å². The van der Waals surface area contributed by atoms with E-state index in [2.05, 4.69) is 0 Å². The number of hydrogen-bond donors (Lipinski definition) is 2. The maximum absolute atomic E-state index is 10.9. The fourth-order valence-electron chi connectivity index (χ4n) is 1.30. The Labute approximate surface area is 85.9 Å². The molecular formula is C10H10O5. The number of rotatable bonds is 4. The summed E-state index contributed by atoms with van der Waals surface area (Å²) in [5.41, 5.74) is 0.136. The highest BCUT2D eigenvalue weighted by Gasteiger charge is 2.17. The van der Waals surface area contributed by atoms with E-state index in [1.807, 2.05) is 0 Å². The minimum atomic E-state index is -1.19. The fourth-order valence-corrected chi connectivity index (χ4v) is 1.30. The minimum absolute atomic E-state index is 0.0950. The van der Waals surface area contributed by atoms with Crippen molar-refractivity contribution in [3.05, 3.63) is 29.3 Å². The standard InChI is InChI=1S/C10H10O5/c1-15-7-4-2-3-6(5-8(11)12)9(7)10(13)14/h2-4H,5H2,1H3,(H,11,12)(H,13,14). The zero-order chi connectivity index (χ0) is 11.4. The lowest BCUT2D eigenvalue weighted by Gasteiger charge is -2.08. The van der Waals surface area contributed by atoms with Gasteiger partial charge >= 0.3 is 11.9 Å². The lowest BCUT2D eigenvalue weighted by atomic mass is 10.0. The van der Waals surface area contributed by atoms with Crippen molar-refractivity contribution in [2.45, 2.75) is 6.42 Å².